The Bertz CT molecular complexity index is 1080. The van der Waals surface area contributed by atoms with Crippen molar-refractivity contribution in [1.29, 1.82) is 0 Å². The molecule has 0 saturated heterocycles. The van der Waals surface area contributed by atoms with Crippen LogP contribution in [-0.4, -0.2) is 71.3 Å². The molecule has 0 fully saturated rings. The highest BCUT2D eigenvalue weighted by Crippen LogP contribution is 2.68. The van der Waals surface area contributed by atoms with Crippen LogP contribution in [0.5, 0.6) is 0 Å². The molecule has 248 valence electrons. The Morgan fingerprint density at radius 2 is 0.571 bits per heavy atom. The van der Waals surface area contributed by atoms with Crippen molar-refractivity contribution in [3.8, 4) is 0 Å². The van der Waals surface area contributed by atoms with Gasteiger partial charge < -0.3 is 0 Å². The number of alkyl halides is 25. The van der Waals surface area contributed by atoms with Crippen molar-refractivity contribution in [2.45, 2.75) is 77.7 Å². The molecule has 0 aromatic rings. The summed E-state index contributed by atoms with van der Waals surface area (Å²) in [5, 5.41) is 0. The first-order valence-electron chi connectivity index (χ1n) is 9.45. The average molecular weight is 684 g/mol. The van der Waals surface area contributed by atoms with Crippen LogP contribution in [0.4, 0.5) is 110 Å². The van der Waals surface area contributed by atoms with E-state index >= 15 is 0 Å². The van der Waals surface area contributed by atoms with Gasteiger partial charge in [0.1, 0.15) is 0 Å². The minimum atomic E-state index is -9.58. The zero-order valence-electron chi connectivity index (χ0n) is 18.4. The van der Waals surface area contributed by atoms with Crippen LogP contribution >= 0.6 is 0 Å². The van der Waals surface area contributed by atoms with Gasteiger partial charge in [0.25, 0.3) is 0 Å². The van der Waals surface area contributed by atoms with Crippen molar-refractivity contribution in [3.05, 3.63) is 23.8 Å². The molecule has 0 aromatic carbocycles. The fourth-order valence-electron chi connectivity index (χ4n) is 2.82. The topological polar surface area (TPSA) is 0 Å². The van der Waals surface area contributed by atoms with Crippen LogP contribution in [0.2, 0.25) is 0 Å². The van der Waals surface area contributed by atoms with Crippen LogP contribution < -0.4 is 0 Å². The highest BCUT2D eigenvalue weighted by molar-refractivity contribution is 5.36. The Hall–Kier alpha value is -2.27. The summed E-state index contributed by atoms with van der Waals surface area (Å²) in [5.41, 5.74) is -2.44. The van der Waals surface area contributed by atoms with Gasteiger partial charge in [0, 0.05) is 5.57 Å². The molecule has 0 atom stereocenters. The summed E-state index contributed by atoms with van der Waals surface area (Å²) in [6.45, 7) is 0. The van der Waals surface area contributed by atoms with Gasteiger partial charge in [-0.15, -0.1) is 0 Å². The Morgan fingerprint density at radius 1 is 0.333 bits per heavy atom. The maximum absolute atomic E-state index is 13.8. The van der Waals surface area contributed by atoms with Gasteiger partial charge >= 0.3 is 71.3 Å². The van der Waals surface area contributed by atoms with Crippen molar-refractivity contribution in [2.24, 2.45) is 0 Å². The van der Waals surface area contributed by atoms with Crippen LogP contribution in [0.1, 0.15) is 6.42 Å². The quantitative estimate of drug-likeness (QED) is 0.191. The summed E-state index contributed by atoms with van der Waals surface area (Å²) in [6.07, 6.45) is -9.15. The number of hydrogen-bond donors (Lipinski definition) is 0. The van der Waals surface area contributed by atoms with Crippen LogP contribution in [0, 0.1) is 0 Å². The average Bonchev–Trinajstić information content (AvgIpc) is 3.32. The smallest absolute Gasteiger partial charge is 0.194 e. The maximum atomic E-state index is 13.8. The van der Waals surface area contributed by atoms with E-state index in [-0.39, 0.29) is 12.2 Å². The molecular weight excluding hydrogens is 679 g/mol. The molecule has 1 aliphatic rings. The van der Waals surface area contributed by atoms with Gasteiger partial charge in [-0.05, 0) is 6.42 Å². The molecule has 0 nitrogen and oxygen atoms in total. The lowest BCUT2D eigenvalue weighted by atomic mass is 9.84. The highest BCUT2D eigenvalue weighted by atomic mass is 19.4. The number of halogens is 25. The minimum Gasteiger partial charge on any atom is -0.194 e. The summed E-state index contributed by atoms with van der Waals surface area (Å²) in [6, 6.07) is 0. The summed E-state index contributed by atoms with van der Waals surface area (Å²) in [7, 11) is 0. The van der Waals surface area contributed by atoms with Crippen molar-refractivity contribution < 1.29 is 110 Å². The van der Waals surface area contributed by atoms with Gasteiger partial charge in [0.05, 0.1) is 0 Å². The zero-order valence-corrected chi connectivity index (χ0v) is 18.4. The SMILES string of the molecule is FC(F)(F)C(F)(F)C(F)(F)C(F)(F)C(F)(F)C(F)(F)C(F)(F)C(F)(F)C(F)(F)C(F)(F)C(F)(F)C(F)(F)C1=CCC=C1. The molecule has 0 N–H and O–H groups in total. The third-order valence-electron chi connectivity index (χ3n) is 5.43. The van der Waals surface area contributed by atoms with Crippen molar-refractivity contribution in [1.82, 2.24) is 0 Å². The number of rotatable bonds is 11. The van der Waals surface area contributed by atoms with Crippen LogP contribution in [0.15, 0.2) is 23.8 Å². The van der Waals surface area contributed by atoms with Gasteiger partial charge in [0.15, 0.2) is 0 Å². The Kier molecular flexibility index (Phi) is 8.42. The van der Waals surface area contributed by atoms with E-state index in [0.717, 1.165) is 0 Å². The molecule has 1 rings (SSSR count). The van der Waals surface area contributed by atoms with Gasteiger partial charge in [-0.1, -0.05) is 18.2 Å². The van der Waals surface area contributed by atoms with E-state index in [4.69, 9.17) is 0 Å². The second-order valence-electron chi connectivity index (χ2n) is 8.11. The molecule has 0 bridgehead atoms. The van der Waals surface area contributed by atoms with E-state index < -0.39 is 83.3 Å². The summed E-state index contributed by atoms with van der Waals surface area (Å²) >= 11 is 0. The number of hydrogen-bond acceptors (Lipinski definition) is 0. The van der Waals surface area contributed by atoms with Gasteiger partial charge in [-0.25, -0.2) is 0 Å². The number of allylic oxidation sites excluding steroid dienone is 4. The fourth-order valence-corrected chi connectivity index (χ4v) is 2.82. The van der Waals surface area contributed by atoms with Crippen molar-refractivity contribution >= 4 is 0 Å². The zero-order chi connectivity index (χ0) is 34.4. The fraction of sp³-hybridized carbons (Fsp3) is 0.765. The monoisotopic (exact) mass is 684 g/mol. The molecular formula is C17H5F25. The second kappa shape index (κ2) is 9.36. The first kappa shape index (κ1) is 37.8. The molecule has 0 spiro atoms. The van der Waals surface area contributed by atoms with Crippen LogP contribution in [0.25, 0.3) is 0 Å². The molecule has 0 amide bonds. The molecule has 0 heterocycles. The van der Waals surface area contributed by atoms with E-state index in [9.17, 15) is 110 Å². The molecule has 0 unspecified atom stereocenters. The lowest BCUT2D eigenvalue weighted by Crippen LogP contribution is -2.78. The predicted molar refractivity (Wildman–Crippen MR) is 82.3 cm³/mol. The van der Waals surface area contributed by atoms with E-state index in [2.05, 4.69) is 0 Å². The molecule has 0 saturated carbocycles. The first-order chi connectivity index (χ1) is 17.9. The van der Waals surface area contributed by atoms with Gasteiger partial charge in [-0.3, -0.25) is 0 Å². The predicted octanol–water partition coefficient (Wildman–Crippen LogP) is 9.42. The highest BCUT2D eigenvalue weighted by Gasteiger charge is 2.99. The normalized spacial score (nSPS) is 18.1. The molecule has 25 heteroatoms. The lowest BCUT2D eigenvalue weighted by Gasteiger charge is -2.45. The summed E-state index contributed by atoms with van der Waals surface area (Å²) in [5.74, 6) is -98.1. The molecule has 0 aliphatic heterocycles. The van der Waals surface area contributed by atoms with Crippen LogP contribution in [0.3, 0.4) is 0 Å². The maximum Gasteiger partial charge on any atom is 0.460 e. The lowest BCUT2D eigenvalue weighted by molar-refractivity contribution is -0.481. The first-order valence-corrected chi connectivity index (χ1v) is 9.45. The van der Waals surface area contributed by atoms with E-state index in [1.54, 1.807) is 0 Å². The molecule has 0 aromatic heterocycles. The van der Waals surface area contributed by atoms with Crippen molar-refractivity contribution in [3.63, 3.8) is 0 Å². The Morgan fingerprint density at radius 3 is 0.786 bits per heavy atom. The largest absolute Gasteiger partial charge is 0.460 e. The third-order valence-corrected chi connectivity index (χ3v) is 5.43. The second-order valence-corrected chi connectivity index (χ2v) is 8.11. The van der Waals surface area contributed by atoms with E-state index in [1.165, 1.54) is 0 Å². The van der Waals surface area contributed by atoms with Gasteiger partial charge in [-0.2, -0.15) is 110 Å². The Labute approximate surface area is 212 Å². The van der Waals surface area contributed by atoms with E-state index in [1.807, 2.05) is 0 Å². The van der Waals surface area contributed by atoms with Gasteiger partial charge in [0.2, 0.25) is 0 Å². The summed E-state index contributed by atoms with van der Waals surface area (Å²) in [4.78, 5) is 0. The molecule has 42 heavy (non-hydrogen) atoms. The Balaban J connectivity index is 3.88. The minimum absolute atomic E-state index is 0.206. The molecule has 0 radical (unpaired) electrons. The van der Waals surface area contributed by atoms with Crippen molar-refractivity contribution in [2.75, 3.05) is 0 Å². The van der Waals surface area contributed by atoms with Crippen LogP contribution in [-0.2, 0) is 0 Å². The van der Waals surface area contributed by atoms with E-state index in [0.29, 0.717) is 6.08 Å². The molecule has 1 aliphatic carbocycles. The third kappa shape index (κ3) is 4.23. The standard InChI is InChI=1S/C17H5F25/c18-6(19,5-3-1-2-4-5)7(20,21)8(22,23)9(24,25)10(26,27)11(28,29)12(30,31)13(32,33)14(34,35)15(36,37)16(38,39)17(40,41)42/h1,3-4H,2H2. The summed E-state index contributed by atoms with van der Waals surface area (Å²) < 4.78 is 334.